The third-order valence-electron chi connectivity index (χ3n) is 2.41. The monoisotopic (exact) mass is 260 g/mol. The Hall–Kier alpha value is -2.56. The van der Waals surface area contributed by atoms with Crippen LogP contribution in [0.2, 0.25) is 0 Å². The highest BCUT2D eigenvalue weighted by molar-refractivity contribution is 5.88. The van der Waals surface area contributed by atoms with Crippen molar-refractivity contribution in [2.75, 3.05) is 13.7 Å². The van der Waals surface area contributed by atoms with E-state index in [4.69, 9.17) is 9.15 Å². The van der Waals surface area contributed by atoms with Crippen molar-refractivity contribution >= 4 is 11.9 Å². The summed E-state index contributed by atoms with van der Waals surface area (Å²) in [7, 11) is 1.22. The van der Waals surface area contributed by atoms with Gasteiger partial charge in [0.2, 0.25) is 5.76 Å². The van der Waals surface area contributed by atoms with Crippen molar-refractivity contribution in [1.82, 2.24) is 0 Å². The van der Waals surface area contributed by atoms with E-state index in [2.05, 4.69) is 4.74 Å². The normalized spacial score (nSPS) is 9.95. The summed E-state index contributed by atoms with van der Waals surface area (Å²) in [6.45, 7) is -0.434. The highest BCUT2D eigenvalue weighted by atomic mass is 16.6. The minimum absolute atomic E-state index is 0.0442. The molecule has 0 fully saturated rings. The van der Waals surface area contributed by atoms with Crippen molar-refractivity contribution in [3.05, 3.63) is 48.2 Å². The van der Waals surface area contributed by atoms with E-state index in [-0.39, 0.29) is 5.76 Å². The average Bonchev–Trinajstić information content (AvgIpc) is 2.95. The van der Waals surface area contributed by atoms with Gasteiger partial charge in [-0.3, -0.25) is 0 Å². The van der Waals surface area contributed by atoms with Crippen molar-refractivity contribution in [1.29, 1.82) is 0 Å². The number of carbonyl (C=O) groups is 2. The molecule has 0 N–H and O–H groups in total. The summed E-state index contributed by atoms with van der Waals surface area (Å²) >= 11 is 0. The molecule has 0 saturated carbocycles. The molecule has 2 rings (SSSR count). The second kappa shape index (κ2) is 5.86. The maximum absolute atomic E-state index is 11.6. The third kappa shape index (κ3) is 3.22. The molecule has 0 unspecified atom stereocenters. The van der Waals surface area contributed by atoms with Gasteiger partial charge in [0, 0.05) is 5.56 Å². The summed E-state index contributed by atoms with van der Waals surface area (Å²) in [5, 5.41) is 0. The lowest BCUT2D eigenvalue weighted by atomic mass is 10.2. The quantitative estimate of drug-likeness (QED) is 0.789. The molecular formula is C14H12O5. The largest absolute Gasteiger partial charge is 0.466 e. The minimum Gasteiger partial charge on any atom is -0.466 e. The zero-order valence-electron chi connectivity index (χ0n) is 10.3. The number of ether oxygens (including phenoxy) is 2. The smallest absolute Gasteiger partial charge is 0.374 e. The lowest BCUT2D eigenvalue weighted by Crippen LogP contribution is -2.14. The number of hydrogen-bond donors (Lipinski definition) is 0. The molecule has 1 aromatic carbocycles. The van der Waals surface area contributed by atoms with Crippen LogP contribution in [0.1, 0.15) is 10.6 Å². The second-order valence-electron chi connectivity index (χ2n) is 3.68. The van der Waals surface area contributed by atoms with Crippen molar-refractivity contribution < 1.29 is 23.5 Å². The van der Waals surface area contributed by atoms with Crippen LogP contribution in [0.25, 0.3) is 11.3 Å². The van der Waals surface area contributed by atoms with E-state index >= 15 is 0 Å². The molecule has 0 spiro atoms. The van der Waals surface area contributed by atoms with Crippen LogP contribution in [0.5, 0.6) is 0 Å². The molecule has 2 aromatic rings. The van der Waals surface area contributed by atoms with Crippen LogP contribution in [-0.2, 0) is 14.3 Å². The molecule has 0 bridgehead atoms. The Balaban J connectivity index is 2.05. The van der Waals surface area contributed by atoms with Gasteiger partial charge in [0.1, 0.15) is 5.76 Å². The van der Waals surface area contributed by atoms with Crippen LogP contribution in [0, 0.1) is 0 Å². The lowest BCUT2D eigenvalue weighted by Gasteiger charge is -2.00. The molecule has 0 aliphatic heterocycles. The predicted octanol–water partition coefficient (Wildman–Crippen LogP) is 2.28. The van der Waals surface area contributed by atoms with Crippen LogP contribution in [-0.4, -0.2) is 25.7 Å². The van der Waals surface area contributed by atoms with Crippen molar-refractivity contribution in [3.63, 3.8) is 0 Å². The van der Waals surface area contributed by atoms with Gasteiger partial charge in [-0.15, -0.1) is 0 Å². The summed E-state index contributed by atoms with van der Waals surface area (Å²) in [5.41, 5.74) is 0.856. The number of esters is 2. The van der Waals surface area contributed by atoms with Gasteiger partial charge in [0.25, 0.3) is 0 Å². The summed E-state index contributed by atoms with van der Waals surface area (Å²) in [6, 6.07) is 12.5. The van der Waals surface area contributed by atoms with Gasteiger partial charge in [0.15, 0.2) is 6.61 Å². The molecule has 5 heteroatoms. The van der Waals surface area contributed by atoms with Crippen LogP contribution in [0.15, 0.2) is 46.9 Å². The summed E-state index contributed by atoms with van der Waals surface area (Å²) < 4.78 is 14.5. The van der Waals surface area contributed by atoms with E-state index in [1.807, 2.05) is 30.3 Å². The topological polar surface area (TPSA) is 65.7 Å². The molecule has 0 atom stereocenters. The predicted molar refractivity (Wildman–Crippen MR) is 66.4 cm³/mol. The minimum atomic E-state index is -0.701. The number of hydrogen-bond acceptors (Lipinski definition) is 5. The first kappa shape index (κ1) is 12.9. The van der Waals surface area contributed by atoms with Gasteiger partial charge in [-0.05, 0) is 12.1 Å². The number of methoxy groups -OCH3 is 1. The molecule has 0 aliphatic carbocycles. The first-order chi connectivity index (χ1) is 9.20. The van der Waals surface area contributed by atoms with Crippen molar-refractivity contribution in [2.45, 2.75) is 0 Å². The molecule has 0 amide bonds. The number of rotatable bonds is 4. The zero-order chi connectivity index (χ0) is 13.7. The van der Waals surface area contributed by atoms with Gasteiger partial charge in [-0.2, -0.15) is 0 Å². The van der Waals surface area contributed by atoms with Gasteiger partial charge in [-0.25, -0.2) is 9.59 Å². The number of benzene rings is 1. The van der Waals surface area contributed by atoms with Gasteiger partial charge < -0.3 is 13.9 Å². The van der Waals surface area contributed by atoms with E-state index in [1.54, 1.807) is 6.07 Å². The van der Waals surface area contributed by atoms with Gasteiger partial charge in [0.05, 0.1) is 7.11 Å². The van der Waals surface area contributed by atoms with Crippen molar-refractivity contribution in [2.24, 2.45) is 0 Å². The Morgan fingerprint density at radius 1 is 1.11 bits per heavy atom. The lowest BCUT2D eigenvalue weighted by molar-refractivity contribution is -0.144. The average molecular weight is 260 g/mol. The Bertz CT molecular complexity index is 571. The summed E-state index contributed by atoms with van der Waals surface area (Å²) in [5.74, 6) is -0.718. The maximum atomic E-state index is 11.6. The number of furan rings is 1. The van der Waals surface area contributed by atoms with E-state index in [1.165, 1.54) is 13.2 Å². The van der Waals surface area contributed by atoms with E-state index in [0.717, 1.165) is 5.56 Å². The van der Waals surface area contributed by atoms with Crippen LogP contribution >= 0.6 is 0 Å². The molecule has 19 heavy (non-hydrogen) atoms. The molecule has 0 saturated heterocycles. The zero-order valence-corrected chi connectivity index (χ0v) is 10.3. The Morgan fingerprint density at radius 2 is 1.84 bits per heavy atom. The number of carbonyl (C=O) groups excluding carboxylic acids is 2. The maximum Gasteiger partial charge on any atom is 0.374 e. The van der Waals surface area contributed by atoms with Gasteiger partial charge in [-0.1, -0.05) is 30.3 Å². The first-order valence-corrected chi connectivity index (χ1v) is 5.60. The first-order valence-electron chi connectivity index (χ1n) is 5.60. The SMILES string of the molecule is COC(=O)COC(=O)c1ccc(-c2ccccc2)o1. The summed E-state index contributed by atoms with van der Waals surface area (Å²) in [4.78, 5) is 22.4. The Morgan fingerprint density at radius 3 is 2.53 bits per heavy atom. The molecule has 0 radical (unpaired) electrons. The van der Waals surface area contributed by atoms with Crippen LogP contribution < -0.4 is 0 Å². The van der Waals surface area contributed by atoms with E-state index < -0.39 is 18.5 Å². The van der Waals surface area contributed by atoms with E-state index in [0.29, 0.717) is 5.76 Å². The molecule has 0 aliphatic rings. The van der Waals surface area contributed by atoms with Crippen LogP contribution in [0.4, 0.5) is 0 Å². The Labute approximate surface area is 109 Å². The molecule has 5 nitrogen and oxygen atoms in total. The Kier molecular flexibility index (Phi) is 3.97. The molecular weight excluding hydrogens is 248 g/mol. The third-order valence-corrected chi connectivity index (χ3v) is 2.41. The fraction of sp³-hybridized carbons (Fsp3) is 0.143. The molecule has 1 aromatic heterocycles. The fourth-order valence-corrected chi connectivity index (χ4v) is 1.46. The fourth-order valence-electron chi connectivity index (χ4n) is 1.46. The highest BCUT2D eigenvalue weighted by Crippen LogP contribution is 2.22. The molecule has 1 heterocycles. The van der Waals surface area contributed by atoms with E-state index in [9.17, 15) is 9.59 Å². The van der Waals surface area contributed by atoms with Crippen molar-refractivity contribution in [3.8, 4) is 11.3 Å². The summed E-state index contributed by atoms with van der Waals surface area (Å²) in [6.07, 6.45) is 0. The molecule has 98 valence electrons. The highest BCUT2D eigenvalue weighted by Gasteiger charge is 2.15. The van der Waals surface area contributed by atoms with Gasteiger partial charge >= 0.3 is 11.9 Å². The standard InChI is InChI=1S/C14H12O5/c1-17-13(15)9-18-14(16)12-8-7-11(19-12)10-5-3-2-4-6-10/h2-8H,9H2,1H3. The second-order valence-corrected chi connectivity index (χ2v) is 3.68. The van der Waals surface area contributed by atoms with Crippen LogP contribution in [0.3, 0.4) is 0 Å².